The summed E-state index contributed by atoms with van der Waals surface area (Å²) in [5.74, 6) is -0.281. The lowest BCUT2D eigenvalue weighted by Gasteiger charge is -2.23. The summed E-state index contributed by atoms with van der Waals surface area (Å²) in [7, 11) is 4.02. The Morgan fingerprint density at radius 3 is 2.73 bits per heavy atom. The monoisotopic (exact) mass is 396 g/mol. The van der Waals surface area contributed by atoms with Gasteiger partial charge in [-0.15, -0.1) is 11.3 Å². The van der Waals surface area contributed by atoms with E-state index >= 15 is 0 Å². The SMILES string of the molecule is CN(C)Cc1nc(CNc2cc(Cl)cc(C(=O)NC(C)(C)CO)c2)cs1. The number of hydrogen-bond donors (Lipinski definition) is 3. The van der Waals surface area contributed by atoms with E-state index in [0.29, 0.717) is 17.1 Å². The molecule has 1 aromatic heterocycles. The molecule has 142 valence electrons. The highest BCUT2D eigenvalue weighted by Crippen LogP contribution is 2.21. The first-order valence-corrected chi connectivity index (χ1v) is 9.50. The fourth-order valence-corrected chi connectivity index (χ4v) is 3.35. The van der Waals surface area contributed by atoms with E-state index in [-0.39, 0.29) is 12.5 Å². The van der Waals surface area contributed by atoms with Crippen molar-refractivity contribution in [2.75, 3.05) is 26.0 Å². The van der Waals surface area contributed by atoms with Crippen molar-refractivity contribution >= 4 is 34.5 Å². The van der Waals surface area contributed by atoms with E-state index in [1.165, 1.54) is 0 Å². The molecule has 0 bridgehead atoms. The van der Waals surface area contributed by atoms with Gasteiger partial charge in [0.25, 0.3) is 5.91 Å². The van der Waals surface area contributed by atoms with Crippen LogP contribution in [0.4, 0.5) is 5.69 Å². The number of benzene rings is 1. The quantitative estimate of drug-likeness (QED) is 0.639. The van der Waals surface area contributed by atoms with E-state index in [4.69, 9.17) is 11.6 Å². The van der Waals surface area contributed by atoms with Crippen LogP contribution < -0.4 is 10.6 Å². The van der Waals surface area contributed by atoms with Crippen LogP contribution in [-0.4, -0.2) is 47.1 Å². The van der Waals surface area contributed by atoms with Crippen LogP contribution in [0.5, 0.6) is 0 Å². The van der Waals surface area contributed by atoms with Gasteiger partial charge in [-0.25, -0.2) is 4.98 Å². The number of thiazole rings is 1. The van der Waals surface area contributed by atoms with Gasteiger partial charge in [-0.05, 0) is 46.1 Å². The van der Waals surface area contributed by atoms with Gasteiger partial charge in [0.05, 0.1) is 24.4 Å². The first kappa shape index (κ1) is 20.6. The number of rotatable bonds is 8. The molecule has 0 spiro atoms. The maximum Gasteiger partial charge on any atom is 0.251 e. The van der Waals surface area contributed by atoms with Crippen molar-refractivity contribution in [3.05, 3.63) is 44.9 Å². The maximum atomic E-state index is 12.4. The lowest BCUT2D eigenvalue weighted by molar-refractivity contribution is 0.0869. The Kier molecular flexibility index (Phi) is 7.00. The molecule has 1 amide bonds. The van der Waals surface area contributed by atoms with E-state index < -0.39 is 5.54 Å². The third kappa shape index (κ3) is 6.25. The number of aliphatic hydroxyl groups excluding tert-OH is 1. The highest BCUT2D eigenvalue weighted by molar-refractivity contribution is 7.09. The summed E-state index contributed by atoms with van der Waals surface area (Å²) in [5.41, 5.74) is 1.43. The first-order valence-electron chi connectivity index (χ1n) is 8.24. The smallest absolute Gasteiger partial charge is 0.251 e. The van der Waals surface area contributed by atoms with Gasteiger partial charge in [-0.1, -0.05) is 11.6 Å². The van der Waals surface area contributed by atoms with Crippen molar-refractivity contribution in [1.29, 1.82) is 0 Å². The average Bonchev–Trinajstić information content (AvgIpc) is 2.98. The van der Waals surface area contributed by atoms with E-state index in [1.54, 1.807) is 43.4 Å². The van der Waals surface area contributed by atoms with Crippen LogP contribution in [0.25, 0.3) is 0 Å². The third-order valence-corrected chi connectivity index (χ3v) is 4.63. The number of aliphatic hydroxyl groups is 1. The van der Waals surface area contributed by atoms with Crippen LogP contribution in [0.3, 0.4) is 0 Å². The summed E-state index contributed by atoms with van der Waals surface area (Å²) in [4.78, 5) is 19.0. The van der Waals surface area contributed by atoms with Gasteiger partial charge in [-0.3, -0.25) is 4.79 Å². The maximum absolute atomic E-state index is 12.4. The van der Waals surface area contributed by atoms with Crippen LogP contribution >= 0.6 is 22.9 Å². The average molecular weight is 397 g/mol. The molecule has 2 rings (SSSR count). The van der Waals surface area contributed by atoms with E-state index in [9.17, 15) is 9.90 Å². The van der Waals surface area contributed by atoms with Crippen LogP contribution in [0.15, 0.2) is 23.6 Å². The number of hydrogen-bond acceptors (Lipinski definition) is 6. The molecule has 0 aliphatic heterocycles. The lowest BCUT2D eigenvalue weighted by atomic mass is 10.1. The number of aromatic nitrogens is 1. The topological polar surface area (TPSA) is 77.5 Å². The molecule has 26 heavy (non-hydrogen) atoms. The number of carbonyl (C=O) groups is 1. The Bertz CT molecular complexity index is 761. The highest BCUT2D eigenvalue weighted by atomic mass is 35.5. The predicted octanol–water partition coefficient (Wildman–Crippen LogP) is 2.97. The van der Waals surface area contributed by atoms with Crippen molar-refractivity contribution in [2.24, 2.45) is 0 Å². The Hall–Kier alpha value is -1.67. The second-order valence-electron chi connectivity index (χ2n) is 7.05. The van der Waals surface area contributed by atoms with Crippen molar-refractivity contribution in [1.82, 2.24) is 15.2 Å². The molecule has 0 saturated carbocycles. The number of halogens is 1. The molecular formula is C18H25ClN4O2S. The van der Waals surface area contributed by atoms with Gasteiger partial charge >= 0.3 is 0 Å². The molecule has 0 fully saturated rings. The molecule has 6 nitrogen and oxygen atoms in total. The zero-order chi connectivity index (χ0) is 19.3. The number of nitrogens with zero attached hydrogens (tertiary/aromatic N) is 2. The lowest BCUT2D eigenvalue weighted by Crippen LogP contribution is -2.46. The van der Waals surface area contributed by atoms with Crippen LogP contribution in [0.1, 0.15) is 34.9 Å². The molecule has 0 saturated heterocycles. The van der Waals surface area contributed by atoms with Gasteiger partial charge in [0.15, 0.2) is 0 Å². The minimum absolute atomic E-state index is 0.149. The Morgan fingerprint density at radius 2 is 2.08 bits per heavy atom. The van der Waals surface area contributed by atoms with Crippen LogP contribution in [0, 0.1) is 0 Å². The molecule has 0 unspecified atom stereocenters. The largest absolute Gasteiger partial charge is 0.394 e. The summed E-state index contributed by atoms with van der Waals surface area (Å²) in [5, 5.41) is 18.9. The Balaban J connectivity index is 2.05. The van der Waals surface area contributed by atoms with E-state index in [2.05, 4.69) is 20.5 Å². The standard InChI is InChI=1S/C18H25ClN4O2S/c1-18(2,11-24)22-17(25)12-5-13(19)7-14(6-12)20-8-15-10-26-16(21-15)9-23(3)4/h5-7,10,20,24H,8-9,11H2,1-4H3,(H,22,25). The summed E-state index contributed by atoms with van der Waals surface area (Å²) in [6, 6.07) is 5.11. The van der Waals surface area contributed by atoms with Crippen molar-refractivity contribution in [2.45, 2.75) is 32.5 Å². The summed E-state index contributed by atoms with van der Waals surface area (Å²) in [6.45, 7) is 4.72. The minimum Gasteiger partial charge on any atom is -0.394 e. The normalized spacial score (nSPS) is 11.7. The second kappa shape index (κ2) is 8.81. The molecule has 1 aromatic carbocycles. The zero-order valence-electron chi connectivity index (χ0n) is 15.5. The highest BCUT2D eigenvalue weighted by Gasteiger charge is 2.20. The molecule has 3 N–H and O–H groups in total. The van der Waals surface area contributed by atoms with Gasteiger partial charge in [-0.2, -0.15) is 0 Å². The van der Waals surface area contributed by atoms with Gasteiger partial charge in [0.2, 0.25) is 0 Å². The minimum atomic E-state index is -0.698. The molecule has 2 aromatic rings. The number of nitrogens with one attached hydrogen (secondary N) is 2. The van der Waals surface area contributed by atoms with Gasteiger partial charge < -0.3 is 20.6 Å². The van der Waals surface area contributed by atoms with E-state index in [0.717, 1.165) is 22.9 Å². The van der Waals surface area contributed by atoms with Crippen LogP contribution in [0.2, 0.25) is 5.02 Å². The summed E-state index contributed by atoms with van der Waals surface area (Å²) in [6.07, 6.45) is 0. The molecule has 0 atom stereocenters. The number of amides is 1. The van der Waals surface area contributed by atoms with Crippen molar-refractivity contribution in [3.8, 4) is 0 Å². The predicted molar refractivity (Wildman–Crippen MR) is 107 cm³/mol. The number of carbonyl (C=O) groups excluding carboxylic acids is 1. The fraction of sp³-hybridized carbons (Fsp3) is 0.444. The zero-order valence-corrected chi connectivity index (χ0v) is 17.0. The second-order valence-corrected chi connectivity index (χ2v) is 8.43. The van der Waals surface area contributed by atoms with E-state index in [1.807, 2.05) is 19.5 Å². The van der Waals surface area contributed by atoms with Crippen LogP contribution in [-0.2, 0) is 13.1 Å². The van der Waals surface area contributed by atoms with Gasteiger partial charge in [0, 0.05) is 28.2 Å². The Morgan fingerprint density at radius 1 is 1.35 bits per heavy atom. The van der Waals surface area contributed by atoms with Gasteiger partial charge in [0.1, 0.15) is 5.01 Å². The number of anilines is 1. The molecule has 8 heteroatoms. The third-order valence-electron chi connectivity index (χ3n) is 3.53. The van der Waals surface area contributed by atoms with Crippen molar-refractivity contribution in [3.63, 3.8) is 0 Å². The first-order chi connectivity index (χ1) is 12.2. The molecule has 0 aliphatic rings. The fourth-order valence-electron chi connectivity index (χ4n) is 2.21. The molecule has 1 heterocycles. The van der Waals surface area contributed by atoms with Crippen molar-refractivity contribution < 1.29 is 9.90 Å². The molecular weight excluding hydrogens is 372 g/mol. The molecule has 0 aliphatic carbocycles. The summed E-state index contributed by atoms with van der Waals surface area (Å²) >= 11 is 7.78. The Labute approximate surface area is 163 Å². The summed E-state index contributed by atoms with van der Waals surface area (Å²) < 4.78 is 0. The molecule has 0 radical (unpaired) electrons.